The van der Waals surface area contributed by atoms with Gasteiger partial charge in [-0.1, -0.05) is 19.9 Å². The van der Waals surface area contributed by atoms with E-state index in [9.17, 15) is 14.7 Å². The molecule has 0 rings (SSSR count). The van der Waals surface area contributed by atoms with Crippen molar-refractivity contribution in [1.29, 1.82) is 0 Å². The van der Waals surface area contributed by atoms with E-state index in [0.717, 1.165) is 6.08 Å². The summed E-state index contributed by atoms with van der Waals surface area (Å²) >= 11 is 0. The maximum absolute atomic E-state index is 11.9. The van der Waals surface area contributed by atoms with Crippen LogP contribution in [0.15, 0.2) is 12.2 Å². The largest absolute Gasteiger partial charge is 0.478 e. The first kappa shape index (κ1) is 18.6. The standard InChI is InChI=1S/C13H25N3O4/c1-8(2)11(3-4-12(18)19)16-13(20)10(15)7-9(17)5-6-14/h3-4,8-11,17H,5-7,14-15H2,1-2H3,(H,16,20)(H,18,19)/b4-3+/t9-,10-,11+/m0/s1. The van der Waals surface area contributed by atoms with Gasteiger partial charge in [-0.15, -0.1) is 0 Å². The molecule has 7 nitrogen and oxygen atoms in total. The van der Waals surface area contributed by atoms with Crippen LogP contribution in [0.5, 0.6) is 0 Å². The molecule has 0 aliphatic heterocycles. The van der Waals surface area contributed by atoms with Crippen LogP contribution in [0.2, 0.25) is 0 Å². The number of hydrogen-bond donors (Lipinski definition) is 5. The lowest BCUT2D eigenvalue weighted by atomic mass is 10.0. The van der Waals surface area contributed by atoms with Crippen molar-refractivity contribution in [1.82, 2.24) is 5.32 Å². The average Bonchev–Trinajstić information content (AvgIpc) is 2.33. The Hall–Kier alpha value is -1.44. The first-order valence-corrected chi connectivity index (χ1v) is 6.63. The molecule has 0 unspecified atom stereocenters. The Morgan fingerprint density at radius 1 is 1.35 bits per heavy atom. The smallest absolute Gasteiger partial charge is 0.328 e. The van der Waals surface area contributed by atoms with Gasteiger partial charge in [-0.2, -0.15) is 0 Å². The van der Waals surface area contributed by atoms with Gasteiger partial charge in [0.1, 0.15) is 0 Å². The quantitative estimate of drug-likeness (QED) is 0.352. The molecule has 0 spiro atoms. The Morgan fingerprint density at radius 3 is 2.40 bits per heavy atom. The van der Waals surface area contributed by atoms with Crippen LogP contribution in [0.25, 0.3) is 0 Å². The lowest BCUT2D eigenvalue weighted by Crippen LogP contribution is -2.47. The highest BCUT2D eigenvalue weighted by Crippen LogP contribution is 2.06. The zero-order valence-corrected chi connectivity index (χ0v) is 12.0. The Kier molecular flexibility index (Phi) is 8.78. The molecule has 0 bridgehead atoms. The van der Waals surface area contributed by atoms with E-state index in [4.69, 9.17) is 16.6 Å². The number of carbonyl (C=O) groups is 2. The van der Waals surface area contributed by atoms with Gasteiger partial charge in [0.05, 0.1) is 12.1 Å². The number of carbonyl (C=O) groups excluding carboxylic acids is 1. The van der Waals surface area contributed by atoms with Crippen LogP contribution in [0.3, 0.4) is 0 Å². The number of aliphatic hydroxyl groups is 1. The number of aliphatic hydroxyl groups excluding tert-OH is 1. The van der Waals surface area contributed by atoms with Gasteiger partial charge in [0, 0.05) is 12.1 Å². The van der Waals surface area contributed by atoms with Crippen molar-refractivity contribution >= 4 is 11.9 Å². The molecule has 0 aromatic carbocycles. The normalized spacial score (nSPS) is 16.1. The third-order valence-electron chi connectivity index (χ3n) is 2.84. The van der Waals surface area contributed by atoms with Gasteiger partial charge >= 0.3 is 5.97 Å². The molecule has 0 saturated heterocycles. The van der Waals surface area contributed by atoms with Gasteiger partial charge in [-0.3, -0.25) is 4.79 Å². The summed E-state index contributed by atoms with van der Waals surface area (Å²) in [5.74, 6) is -1.47. The molecule has 0 radical (unpaired) electrons. The third kappa shape index (κ3) is 7.88. The van der Waals surface area contributed by atoms with E-state index in [1.165, 1.54) is 6.08 Å². The molecule has 1 amide bonds. The van der Waals surface area contributed by atoms with Crippen molar-refractivity contribution in [2.45, 2.75) is 44.9 Å². The molecule has 7 N–H and O–H groups in total. The summed E-state index contributed by atoms with van der Waals surface area (Å²) in [6.07, 6.45) is 2.19. The fourth-order valence-electron chi connectivity index (χ4n) is 1.60. The summed E-state index contributed by atoms with van der Waals surface area (Å²) in [6, 6.07) is -1.27. The summed E-state index contributed by atoms with van der Waals surface area (Å²) in [6.45, 7) is 4.03. The van der Waals surface area contributed by atoms with Crippen LogP contribution in [-0.2, 0) is 9.59 Å². The Morgan fingerprint density at radius 2 is 1.95 bits per heavy atom. The summed E-state index contributed by atoms with van der Waals surface area (Å²) in [4.78, 5) is 22.4. The van der Waals surface area contributed by atoms with Crippen LogP contribution in [-0.4, -0.2) is 46.8 Å². The molecule has 7 heteroatoms. The SMILES string of the molecule is CC(C)[C@@H](/C=C/C(=O)O)NC(=O)[C@@H](N)C[C@@H](O)CCN. The molecular formula is C13H25N3O4. The monoisotopic (exact) mass is 287 g/mol. The lowest BCUT2D eigenvalue weighted by molar-refractivity contribution is -0.131. The molecule has 20 heavy (non-hydrogen) atoms. The second-order valence-electron chi connectivity index (χ2n) is 5.05. The maximum atomic E-state index is 11.9. The highest BCUT2D eigenvalue weighted by atomic mass is 16.4. The van der Waals surface area contributed by atoms with E-state index < -0.39 is 30.1 Å². The highest BCUT2D eigenvalue weighted by Gasteiger charge is 2.21. The number of hydrogen-bond acceptors (Lipinski definition) is 5. The number of rotatable bonds is 9. The Balaban J connectivity index is 4.48. The van der Waals surface area contributed by atoms with Crippen molar-refractivity contribution in [2.24, 2.45) is 17.4 Å². The molecule has 0 fully saturated rings. The molecule has 0 aliphatic rings. The molecule has 0 aliphatic carbocycles. The van der Waals surface area contributed by atoms with Gasteiger partial charge in [0.15, 0.2) is 0 Å². The van der Waals surface area contributed by atoms with Gasteiger partial charge in [-0.05, 0) is 25.3 Å². The van der Waals surface area contributed by atoms with E-state index in [2.05, 4.69) is 5.32 Å². The van der Waals surface area contributed by atoms with Crippen molar-refractivity contribution in [2.75, 3.05) is 6.54 Å². The second-order valence-corrected chi connectivity index (χ2v) is 5.05. The van der Waals surface area contributed by atoms with Gasteiger partial charge in [0.2, 0.25) is 5.91 Å². The van der Waals surface area contributed by atoms with Gasteiger partial charge in [0.25, 0.3) is 0 Å². The topological polar surface area (TPSA) is 139 Å². The predicted molar refractivity (Wildman–Crippen MR) is 75.8 cm³/mol. The maximum Gasteiger partial charge on any atom is 0.328 e. The number of aliphatic carboxylic acids is 1. The van der Waals surface area contributed by atoms with E-state index >= 15 is 0 Å². The first-order chi connectivity index (χ1) is 9.27. The van der Waals surface area contributed by atoms with Crippen molar-refractivity contribution in [3.63, 3.8) is 0 Å². The number of carboxylic acids is 1. The molecule has 3 atom stereocenters. The van der Waals surface area contributed by atoms with Crippen molar-refractivity contribution in [3.8, 4) is 0 Å². The fraction of sp³-hybridized carbons (Fsp3) is 0.692. The minimum absolute atomic E-state index is 0.0238. The van der Waals surface area contributed by atoms with Crippen LogP contribution < -0.4 is 16.8 Å². The van der Waals surface area contributed by atoms with Crippen LogP contribution in [0.1, 0.15) is 26.7 Å². The summed E-state index contributed by atoms with van der Waals surface area (Å²) in [5, 5.41) is 20.8. The fourth-order valence-corrected chi connectivity index (χ4v) is 1.60. The minimum atomic E-state index is -1.08. The molecule has 0 aromatic heterocycles. The number of carboxylic acid groups (broad SMARTS) is 1. The van der Waals surface area contributed by atoms with Crippen LogP contribution in [0, 0.1) is 5.92 Å². The number of nitrogens with one attached hydrogen (secondary N) is 1. The predicted octanol–water partition coefficient (Wildman–Crippen LogP) is -0.805. The zero-order valence-electron chi connectivity index (χ0n) is 12.0. The van der Waals surface area contributed by atoms with Crippen molar-refractivity contribution < 1.29 is 19.8 Å². The molecule has 0 saturated carbocycles. The molecule has 0 heterocycles. The van der Waals surface area contributed by atoms with Gasteiger partial charge < -0.3 is 27.0 Å². The Bertz CT molecular complexity index is 345. The third-order valence-corrected chi connectivity index (χ3v) is 2.84. The van der Waals surface area contributed by atoms with Gasteiger partial charge in [-0.25, -0.2) is 4.79 Å². The summed E-state index contributed by atoms with van der Waals surface area (Å²) < 4.78 is 0. The Labute approximate surface area is 119 Å². The van der Waals surface area contributed by atoms with Crippen molar-refractivity contribution in [3.05, 3.63) is 12.2 Å². The molecular weight excluding hydrogens is 262 g/mol. The average molecular weight is 287 g/mol. The van der Waals surface area contributed by atoms with E-state index in [-0.39, 0.29) is 12.3 Å². The summed E-state index contributed by atoms with van der Waals surface area (Å²) in [7, 11) is 0. The number of nitrogens with two attached hydrogens (primary N) is 2. The van der Waals surface area contributed by atoms with Crippen LogP contribution in [0.4, 0.5) is 0 Å². The first-order valence-electron chi connectivity index (χ1n) is 6.63. The highest BCUT2D eigenvalue weighted by molar-refractivity contribution is 5.83. The van der Waals surface area contributed by atoms with E-state index in [1.54, 1.807) is 0 Å². The minimum Gasteiger partial charge on any atom is -0.478 e. The van der Waals surface area contributed by atoms with Crippen LogP contribution >= 0.6 is 0 Å². The zero-order chi connectivity index (χ0) is 15.7. The van der Waals surface area contributed by atoms with E-state index in [1.807, 2.05) is 13.8 Å². The second kappa shape index (κ2) is 9.46. The summed E-state index contributed by atoms with van der Waals surface area (Å²) in [5.41, 5.74) is 11.0. The molecule has 0 aromatic rings. The lowest BCUT2D eigenvalue weighted by Gasteiger charge is -2.22. The molecule has 116 valence electrons. The number of amides is 1. The van der Waals surface area contributed by atoms with E-state index in [0.29, 0.717) is 13.0 Å².